The summed E-state index contributed by atoms with van der Waals surface area (Å²) in [5.41, 5.74) is 10.5. The lowest BCUT2D eigenvalue weighted by Gasteiger charge is -2.24. The van der Waals surface area contributed by atoms with E-state index in [2.05, 4.69) is 0 Å². The van der Waals surface area contributed by atoms with Crippen LogP contribution in [0, 0.1) is 0 Å². The van der Waals surface area contributed by atoms with Crippen molar-refractivity contribution in [3.05, 3.63) is 11.6 Å². The van der Waals surface area contributed by atoms with Crippen LogP contribution in [-0.2, 0) is 29.2 Å². The Morgan fingerprint density at radius 1 is 1.08 bits per heavy atom. The lowest BCUT2D eigenvalue weighted by Crippen LogP contribution is -2.39. The molecule has 1 unspecified atom stereocenters. The minimum atomic E-state index is -3.67. The Balaban J connectivity index is 0. The van der Waals surface area contributed by atoms with Crippen LogP contribution in [0.15, 0.2) is 11.6 Å². The Bertz CT molecular complexity index is 591. The van der Waals surface area contributed by atoms with Crippen molar-refractivity contribution in [1.82, 2.24) is 0 Å². The zero-order valence-electron chi connectivity index (χ0n) is 16.5. The highest BCUT2D eigenvalue weighted by molar-refractivity contribution is 7.85. The minimum Gasteiger partial charge on any atom is -0.460 e. The van der Waals surface area contributed by atoms with Crippen molar-refractivity contribution in [2.75, 3.05) is 12.8 Å². The molecule has 0 bridgehead atoms. The summed E-state index contributed by atoms with van der Waals surface area (Å²) in [4.78, 5) is 23.8. The molecule has 0 aliphatic carbocycles. The van der Waals surface area contributed by atoms with Crippen molar-refractivity contribution in [3.63, 3.8) is 0 Å². The second-order valence-corrected chi connectivity index (χ2v) is 8.99. The predicted octanol–water partition coefficient (Wildman–Crippen LogP) is 0.776. The molecular weight excluding hydrogens is 364 g/mol. The summed E-state index contributed by atoms with van der Waals surface area (Å²) in [7, 11) is -3.67. The molecule has 0 aromatic heterocycles. The van der Waals surface area contributed by atoms with Crippen LogP contribution in [0.3, 0.4) is 0 Å². The lowest BCUT2D eigenvalue weighted by atomic mass is 10.0. The minimum absolute atomic E-state index is 0.0884. The van der Waals surface area contributed by atoms with Gasteiger partial charge in [-0.15, -0.1) is 0 Å². The molecule has 0 saturated heterocycles. The number of ether oxygens (including phenoxy) is 2. The van der Waals surface area contributed by atoms with Crippen molar-refractivity contribution in [1.29, 1.82) is 0 Å². The van der Waals surface area contributed by atoms with Crippen LogP contribution in [0.4, 0.5) is 0 Å². The summed E-state index contributed by atoms with van der Waals surface area (Å²) in [6.07, 6.45) is 2.18. The van der Waals surface area contributed by atoms with Crippen molar-refractivity contribution in [3.8, 4) is 0 Å². The van der Waals surface area contributed by atoms with Crippen LogP contribution in [0.25, 0.3) is 0 Å². The van der Waals surface area contributed by atoms with E-state index >= 15 is 0 Å². The average Bonchev–Trinajstić information content (AvgIpc) is 2.30. The van der Waals surface area contributed by atoms with Gasteiger partial charge < -0.3 is 20.9 Å². The van der Waals surface area contributed by atoms with Gasteiger partial charge in [0.15, 0.2) is 0 Å². The highest BCUT2D eigenvalue weighted by Gasteiger charge is 2.27. The first kappa shape index (κ1) is 26.7. The summed E-state index contributed by atoms with van der Waals surface area (Å²) < 4.78 is 36.3. The molecule has 9 nitrogen and oxygen atoms in total. The topological polar surface area (TPSA) is 159 Å². The van der Waals surface area contributed by atoms with Gasteiger partial charge in [-0.2, -0.15) is 8.42 Å². The summed E-state index contributed by atoms with van der Waals surface area (Å²) in [5, 5.41) is 0. The summed E-state index contributed by atoms with van der Waals surface area (Å²) in [6, 6.07) is -1.03. The fourth-order valence-electron chi connectivity index (χ4n) is 1.52. The monoisotopic (exact) mass is 396 g/mol. The Morgan fingerprint density at radius 3 is 1.77 bits per heavy atom. The third-order valence-electron chi connectivity index (χ3n) is 2.21. The molecule has 0 saturated carbocycles. The molecule has 10 heteroatoms. The molecule has 0 aliphatic heterocycles. The van der Waals surface area contributed by atoms with Crippen LogP contribution in [-0.4, -0.2) is 55.0 Å². The number of rotatable bonds is 5. The Hall–Kier alpha value is -1.49. The summed E-state index contributed by atoms with van der Waals surface area (Å²) >= 11 is 0. The zero-order chi connectivity index (χ0) is 21.3. The number of hydrogen-bond donors (Lipinski definition) is 3. The molecule has 154 valence electrons. The van der Waals surface area contributed by atoms with Crippen LogP contribution < -0.4 is 11.5 Å². The van der Waals surface area contributed by atoms with Gasteiger partial charge in [0.25, 0.3) is 10.1 Å². The zero-order valence-corrected chi connectivity index (χ0v) is 17.3. The molecule has 0 amide bonds. The molecule has 0 heterocycles. The van der Waals surface area contributed by atoms with Crippen LogP contribution in [0.2, 0.25) is 0 Å². The normalized spacial score (nSPS) is 14.0. The molecule has 26 heavy (non-hydrogen) atoms. The van der Waals surface area contributed by atoms with E-state index < -0.39 is 39.3 Å². The molecule has 0 radical (unpaired) electrons. The maximum Gasteiger partial charge on any atom is 0.327 e. The molecule has 0 aromatic rings. The van der Waals surface area contributed by atoms with Crippen LogP contribution in [0.1, 0.15) is 48.0 Å². The molecule has 0 aromatic carbocycles. The third-order valence-corrected chi connectivity index (χ3v) is 2.21. The quantitative estimate of drug-likeness (QED) is 0.346. The maximum atomic E-state index is 12.0. The largest absolute Gasteiger partial charge is 0.460 e. The molecule has 0 rings (SSSR count). The van der Waals surface area contributed by atoms with Gasteiger partial charge in [0, 0.05) is 6.54 Å². The maximum absolute atomic E-state index is 12.0. The van der Waals surface area contributed by atoms with Crippen molar-refractivity contribution < 1.29 is 32.0 Å². The van der Waals surface area contributed by atoms with Gasteiger partial charge >= 0.3 is 11.9 Å². The SMILES string of the molecule is CC(C)(C)OC(=O)CC(=CCN)C(N)C(=O)OC(C)(C)C.CS(=O)(=O)O. The number of carbonyl (C=O) groups is 2. The lowest BCUT2D eigenvalue weighted by molar-refractivity contribution is -0.155. The standard InChI is InChI=1S/C15H28N2O4.CH4O3S/c1-14(2,3)20-11(18)9-10(7-8-16)12(17)13(19)21-15(4,5)6;1-5(2,3)4/h7,12H,8-9,16-17H2,1-6H3;1H3,(H,2,3,4). The molecule has 5 N–H and O–H groups in total. The van der Waals surface area contributed by atoms with E-state index in [1.54, 1.807) is 47.6 Å². The first-order valence-corrected chi connectivity index (χ1v) is 9.72. The van der Waals surface area contributed by atoms with Crippen molar-refractivity contribution >= 4 is 22.1 Å². The average molecular weight is 397 g/mol. The van der Waals surface area contributed by atoms with Gasteiger partial charge in [0.05, 0.1) is 12.7 Å². The first-order valence-electron chi connectivity index (χ1n) is 7.87. The van der Waals surface area contributed by atoms with Gasteiger partial charge in [-0.05, 0) is 47.1 Å². The summed E-state index contributed by atoms with van der Waals surface area (Å²) in [6.45, 7) is 10.7. The highest BCUT2D eigenvalue weighted by atomic mass is 32.2. The molecule has 0 fully saturated rings. The molecular formula is C16H32N2O7S. The van der Waals surface area contributed by atoms with E-state index in [4.69, 9.17) is 25.5 Å². The van der Waals surface area contributed by atoms with E-state index in [-0.39, 0.29) is 13.0 Å². The van der Waals surface area contributed by atoms with Crippen LogP contribution >= 0.6 is 0 Å². The Labute approximate surface area is 155 Å². The van der Waals surface area contributed by atoms with Crippen molar-refractivity contribution in [2.24, 2.45) is 11.5 Å². The van der Waals surface area contributed by atoms with E-state index in [1.165, 1.54) is 0 Å². The highest BCUT2D eigenvalue weighted by Crippen LogP contribution is 2.16. The van der Waals surface area contributed by atoms with E-state index in [9.17, 15) is 18.0 Å². The van der Waals surface area contributed by atoms with Gasteiger partial charge in [-0.25, -0.2) is 4.79 Å². The molecule has 0 spiro atoms. The second-order valence-electron chi connectivity index (χ2n) is 7.52. The summed E-state index contributed by atoms with van der Waals surface area (Å²) in [5.74, 6) is -1.05. The third kappa shape index (κ3) is 18.8. The van der Waals surface area contributed by atoms with Gasteiger partial charge in [0.1, 0.15) is 17.2 Å². The number of carbonyl (C=O) groups excluding carboxylic acids is 2. The molecule has 1 atom stereocenters. The van der Waals surface area contributed by atoms with Gasteiger partial charge in [-0.1, -0.05) is 6.08 Å². The Morgan fingerprint density at radius 2 is 1.46 bits per heavy atom. The van der Waals surface area contributed by atoms with E-state index in [0.29, 0.717) is 11.8 Å². The molecule has 0 aliphatic rings. The van der Waals surface area contributed by atoms with Gasteiger partial charge in [0.2, 0.25) is 0 Å². The van der Waals surface area contributed by atoms with Crippen LogP contribution in [0.5, 0.6) is 0 Å². The van der Waals surface area contributed by atoms with Gasteiger partial charge in [-0.3, -0.25) is 9.35 Å². The smallest absolute Gasteiger partial charge is 0.327 e. The Kier molecular flexibility index (Phi) is 10.9. The van der Waals surface area contributed by atoms with E-state index in [1.807, 2.05) is 0 Å². The van der Waals surface area contributed by atoms with E-state index in [0.717, 1.165) is 0 Å². The fraction of sp³-hybridized carbons (Fsp3) is 0.750. The number of nitrogens with two attached hydrogens (primary N) is 2. The van der Waals surface area contributed by atoms with Crippen molar-refractivity contribution in [2.45, 2.75) is 65.2 Å². The second kappa shape index (κ2) is 10.6. The predicted molar refractivity (Wildman–Crippen MR) is 98.9 cm³/mol. The number of esters is 2. The fourth-order valence-corrected chi connectivity index (χ4v) is 1.52. The first-order chi connectivity index (χ1) is 11.4. The number of hydrogen-bond acceptors (Lipinski definition) is 8.